The van der Waals surface area contributed by atoms with Crippen LogP contribution >= 0.6 is 24.0 Å². The highest BCUT2D eigenvalue weighted by atomic mass is 32.2. The van der Waals surface area contributed by atoms with Gasteiger partial charge in [0.15, 0.2) is 0 Å². The Morgan fingerprint density at radius 2 is 1.63 bits per heavy atom. The lowest BCUT2D eigenvalue weighted by Crippen LogP contribution is -2.47. The van der Waals surface area contributed by atoms with Gasteiger partial charge in [0.2, 0.25) is 0 Å². The van der Waals surface area contributed by atoms with E-state index in [1.165, 1.54) is 11.8 Å². The lowest BCUT2D eigenvalue weighted by molar-refractivity contribution is 0.409. The molecular formula is C22H20N4O2S2. The molecule has 3 rings (SSSR count). The molecule has 8 heteroatoms. The second-order valence-corrected chi connectivity index (χ2v) is 8.31. The zero-order valence-corrected chi connectivity index (χ0v) is 18.1. The van der Waals surface area contributed by atoms with Crippen molar-refractivity contribution < 1.29 is 9.47 Å². The largest absolute Gasteiger partial charge is 0.497 e. The molecule has 0 amide bonds. The zero-order valence-electron chi connectivity index (χ0n) is 16.5. The monoisotopic (exact) mass is 436 g/mol. The average molecular weight is 437 g/mol. The second-order valence-electron chi connectivity index (χ2n) is 6.72. The van der Waals surface area contributed by atoms with Crippen molar-refractivity contribution in [1.29, 1.82) is 10.5 Å². The number of hydrogen-bond acceptors (Lipinski definition) is 7. The number of nitriles is 2. The van der Waals surface area contributed by atoms with Gasteiger partial charge in [-0.15, -0.1) is 0 Å². The van der Waals surface area contributed by atoms with E-state index in [4.69, 9.17) is 33.2 Å². The summed E-state index contributed by atoms with van der Waals surface area (Å²) in [6.45, 7) is 0. The van der Waals surface area contributed by atoms with Crippen LogP contribution in [0.5, 0.6) is 11.5 Å². The van der Waals surface area contributed by atoms with Crippen molar-refractivity contribution in [3.63, 3.8) is 0 Å². The van der Waals surface area contributed by atoms with Gasteiger partial charge in [-0.25, -0.2) is 0 Å². The van der Waals surface area contributed by atoms with Gasteiger partial charge in [-0.2, -0.15) is 10.5 Å². The maximum Gasteiger partial charge on any atom is 0.135 e. The maximum absolute atomic E-state index is 10.5. The van der Waals surface area contributed by atoms with Crippen LogP contribution in [0.3, 0.4) is 0 Å². The van der Waals surface area contributed by atoms with E-state index in [1.807, 2.05) is 30.3 Å². The van der Waals surface area contributed by atoms with Crippen molar-refractivity contribution in [2.45, 2.75) is 11.2 Å². The summed E-state index contributed by atoms with van der Waals surface area (Å²) in [5.74, 6) is 0.473. The van der Waals surface area contributed by atoms with E-state index in [-0.39, 0.29) is 10.6 Å². The molecule has 0 aromatic heterocycles. The van der Waals surface area contributed by atoms with Crippen LogP contribution in [-0.4, -0.2) is 19.2 Å². The second kappa shape index (κ2) is 8.66. The van der Waals surface area contributed by atoms with Gasteiger partial charge in [-0.3, -0.25) is 0 Å². The number of methoxy groups -OCH3 is 2. The number of nitrogens with zero attached hydrogens (tertiary/aromatic N) is 2. The highest BCUT2D eigenvalue weighted by Gasteiger charge is 2.55. The molecule has 0 radical (unpaired) electrons. The van der Waals surface area contributed by atoms with E-state index in [2.05, 4.69) is 12.1 Å². The van der Waals surface area contributed by atoms with Crippen molar-refractivity contribution in [1.82, 2.24) is 0 Å². The Balaban J connectivity index is 2.33. The van der Waals surface area contributed by atoms with Gasteiger partial charge >= 0.3 is 0 Å². The summed E-state index contributed by atoms with van der Waals surface area (Å²) in [7, 11) is 3.12. The standard InChI is InChI=1S/C22H20N4O2S2/c1-27-15-7-3-5-13(9-15)18-17(11-23)20(25)30-19(22(18,12-24)21(26)29)14-6-4-8-16(10-14)28-2/h3-10,18-19H,25H2,1-2H3,(H2,26,29). The molecule has 3 unspecified atom stereocenters. The number of ether oxygens (including phenoxy) is 2. The molecular weight excluding hydrogens is 416 g/mol. The summed E-state index contributed by atoms with van der Waals surface area (Å²) >= 11 is 6.67. The Labute approximate surface area is 185 Å². The SMILES string of the molecule is COc1cccc(C2SC(N)=C(C#N)C(c3cccc(OC)c3)C2(C#N)C(N)=S)c1. The summed E-state index contributed by atoms with van der Waals surface area (Å²) in [4.78, 5) is -0.00149. The average Bonchev–Trinajstić information content (AvgIpc) is 2.78. The van der Waals surface area contributed by atoms with E-state index in [0.29, 0.717) is 22.1 Å². The molecule has 4 N–H and O–H groups in total. The van der Waals surface area contributed by atoms with E-state index in [9.17, 15) is 10.5 Å². The van der Waals surface area contributed by atoms with Crippen LogP contribution in [0, 0.1) is 28.1 Å². The number of benzene rings is 2. The molecule has 0 saturated carbocycles. The van der Waals surface area contributed by atoms with E-state index in [0.717, 1.165) is 5.56 Å². The fourth-order valence-electron chi connectivity index (χ4n) is 3.76. The molecule has 0 saturated heterocycles. The summed E-state index contributed by atoms with van der Waals surface area (Å²) in [6, 6.07) is 19.1. The topological polar surface area (TPSA) is 118 Å². The fraction of sp³-hybridized carbons (Fsp3) is 0.227. The normalized spacial score (nSPS) is 23.2. The molecule has 0 fully saturated rings. The first-order valence-electron chi connectivity index (χ1n) is 8.98. The Kier molecular flexibility index (Phi) is 6.21. The molecule has 0 bridgehead atoms. The number of thiocarbonyl (C=S) groups is 1. The molecule has 30 heavy (non-hydrogen) atoms. The van der Waals surface area contributed by atoms with Gasteiger partial charge in [-0.05, 0) is 35.4 Å². The third kappa shape index (κ3) is 3.45. The van der Waals surface area contributed by atoms with Crippen molar-refractivity contribution in [3.05, 3.63) is 70.3 Å². The minimum absolute atomic E-state index is 0.00149. The first-order valence-corrected chi connectivity index (χ1v) is 10.3. The van der Waals surface area contributed by atoms with Gasteiger partial charge < -0.3 is 20.9 Å². The lowest BCUT2D eigenvalue weighted by Gasteiger charge is -2.44. The molecule has 3 atom stereocenters. The van der Waals surface area contributed by atoms with Gasteiger partial charge in [0.25, 0.3) is 0 Å². The number of thioether (sulfide) groups is 1. The summed E-state index contributed by atoms with van der Waals surface area (Å²) < 4.78 is 10.7. The van der Waals surface area contributed by atoms with Gasteiger partial charge in [0, 0.05) is 5.92 Å². The third-order valence-corrected chi connectivity index (χ3v) is 6.90. The molecule has 1 aliphatic heterocycles. The minimum Gasteiger partial charge on any atom is -0.497 e. The molecule has 2 aromatic rings. The zero-order chi connectivity index (χ0) is 21.9. The number of rotatable bonds is 5. The van der Waals surface area contributed by atoms with Gasteiger partial charge in [0.1, 0.15) is 16.9 Å². The first-order chi connectivity index (χ1) is 14.4. The molecule has 0 spiro atoms. The quantitative estimate of drug-likeness (QED) is 0.680. The Morgan fingerprint density at radius 1 is 1.07 bits per heavy atom. The van der Waals surface area contributed by atoms with E-state index >= 15 is 0 Å². The summed E-state index contributed by atoms with van der Waals surface area (Å²) in [5, 5.41) is 20.2. The van der Waals surface area contributed by atoms with Crippen LogP contribution in [0.15, 0.2) is 59.1 Å². The Hall–Kier alpha value is -3.20. The maximum atomic E-state index is 10.5. The van der Waals surface area contributed by atoms with Crippen molar-refractivity contribution in [2.75, 3.05) is 14.2 Å². The predicted molar refractivity (Wildman–Crippen MR) is 121 cm³/mol. The Morgan fingerprint density at radius 3 is 2.13 bits per heavy atom. The van der Waals surface area contributed by atoms with Crippen LogP contribution < -0.4 is 20.9 Å². The van der Waals surface area contributed by atoms with Crippen LogP contribution in [0.2, 0.25) is 0 Å². The van der Waals surface area contributed by atoms with Crippen LogP contribution in [0.1, 0.15) is 22.3 Å². The highest BCUT2D eigenvalue weighted by Crippen LogP contribution is 2.60. The van der Waals surface area contributed by atoms with Crippen LogP contribution in [-0.2, 0) is 0 Å². The summed E-state index contributed by atoms with van der Waals surface area (Å²) in [5.41, 5.74) is 12.9. The molecule has 2 aromatic carbocycles. The van der Waals surface area contributed by atoms with Gasteiger partial charge in [0.05, 0.1) is 47.2 Å². The third-order valence-electron chi connectivity index (χ3n) is 5.20. The smallest absolute Gasteiger partial charge is 0.135 e. The highest BCUT2D eigenvalue weighted by molar-refractivity contribution is 8.03. The Bertz CT molecular complexity index is 1100. The number of nitrogens with two attached hydrogens (primary N) is 2. The summed E-state index contributed by atoms with van der Waals surface area (Å²) in [6.07, 6.45) is 0. The van der Waals surface area contributed by atoms with Gasteiger partial charge in [-0.1, -0.05) is 48.2 Å². The van der Waals surface area contributed by atoms with Crippen LogP contribution in [0.4, 0.5) is 0 Å². The van der Waals surface area contributed by atoms with Crippen molar-refractivity contribution in [3.8, 4) is 23.6 Å². The van der Waals surface area contributed by atoms with E-state index in [1.54, 1.807) is 32.4 Å². The fourth-order valence-corrected chi connectivity index (χ4v) is 5.44. The first kappa shape index (κ1) is 21.5. The molecule has 1 heterocycles. The predicted octanol–water partition coefficient (Wildman–Crippen LogP) is 3.77. The van der Waals surface area contributed by atoms with Crippen molar-refractivity contribution in [2.24, 2.45) is 16.9 Å². The molecule has 1 aliphatic rings. The molecule has 6 nitrogen and oxygen atoms in total. The van der Waals surface area contributed by atoms with E-state index < -0.39 is 16.6 Å². The minimum atomic E-state index is -1.40. The van der Waals surface area contributed by atoms with Crippen LogP contribution in [0.25, 0.3) is 0 Å². The molecule has 152 valence electrons. The lowest BCUT2D eigenvalue weighted by atomic mass is 9.65. The number of hydrogen-bond donors (Lipinski definition) is 2. The van der Waals surface area contributed by atoms with Crippen molar-refractivity contribution >= 4 is 29.0 Å². The molecule has 0 aliphatic carbocycles. The number of allylic oxidation sites excluding steroid dienone is 1.